The molecule has 0 saturated carbocycles. The summed E-state index contributed by atoms with van der Waals surface area (Å²) in [5.74, 6) is -0.764. The molecular formula is C27H23BrN4O6S. The number of halogens is 1. The molecule has 1 heterocycles. The third-order valence-electron chi connectivity index (χ3n) is 5.58. The van der Waals surface area contributed by atoms with Gasteiger partial charge in [-0.15, -0.1) is 0 Å². The van der Waals surface area contributed by atoms with E-state index in [4.69, 9.17) is 5.14 Å². The number of nitrogens with two attached hydrogens (primary N) is 1. The maximum absolute atomic E-state index is 13.1. The number of pyridine rings is 1. The average Bonchev–Trinajstić information content (AvgIpc) is 2.89. The zero-order valence-corrected chi connectivity index (χ0v) is 21.9. The van der Waals surface area contributed by atoms with Crippen molar-refractivity contribution in [2.24, 2.45) is 5.14 Å². The van der Waals surface area contributed by atoms with Crippen molar-refractivity contribution in [3.63, 3.8) is 0 Å². The SMILES string of the molecule is C.NS(=O)(=O)c1ccccc1-c1ccc(C(=O)Cc2ccc([N+](=O)[O-])cc2C(=O)Nc2ccc(Br)cn2)cc1. The lowest BCUT2D eigenvalue weighted by atomic mass is 9.96. The van der Waals surface area contributed by atoms with E-state index in [9.17, 15) is 28.1 Å². The van der Waals surface area contributed by atoms with Gasteiger partial charge in [-0.25, -0.2) is 18.5 Å². The van der Waals surface area contributed by atoms with Gasteiger partial charge < -0.3 is 5.32 Å². The number of hydrogen-bond acceptors (Lipinski definition) is 7. The minimum Gasteiger partial charge on any atom is -0.307 e. The number of amides is 1. The Kier molecular flexibility index (Phi) is 9.07. The molecule has 4 aromatic rings. The van der Waals surface area contributed by atoms with E-state index in [0.29, 0.717) is 26.7 Å². The summed E-state index contributed by atoms with van der Waals surface area (Å²) in [6.45, 7) is 0. The van der Waals surface area contributed by atoms with Gasteiger partial charge in [-0.2, -0.15) is 0 Å². The van der Waals surface area contributed by atoms with Gasteiger partial charge in [0.2, 0.25) is 10.0 Å². The zero-order valence-electron chi connectivity index (χ0n) is 19.5. The van der Waals surface area contributed by atoms with Gasteiger partial charge in [0.15, 0.2) is 5.78 Å². The van der Waals surface area contributed by atoms with Crippen molar-refractivity contribution >= 4 is 49.1 Å². The Labute approximate surface area is 233 Å². The molecule has 1 aromatic heterocycles. The first kappa shape index (κ1) is 29.3. The van der Waals surface area contributed by atoms with Crippen LogP contribution in [0.5, 0.6) is 0 Å². The van der Waals surface area contributed by atoms with Gasteiger partial charge in [0.25, 0.3) is 11.6 Å². The molecule has 1 amide bonds. The number of carbonyl (C=O) groups is 2. The van der Waals surface area contributed by atoms with Gasteiger partial charge in [0.05, 0.1) is 15.4 Å². The number of nitro benzene ring substituents is 1. The molecule has 0 spiro atoms. The van der Waals surface area contributed by atoms with E-state index in [2.05, 4.69) is 26.2 Å². The molecule has 0 unspecified atom stereocenters. The molecule has 0 fully saturated rings. The van der Waals surface area contributed by atoms with Crippen LogP contribution < -0.4 is 10.5 Å². The number of nitro groups is 1. The first-order valence-electron chi connectivity index (χ1n) is 11.0. The van der Waals surface area contributed by atoms with E-state index in [-0.39, 0.29) is 41.6 Å². The molecule has 0 aliphatic carbocycles. The van der Waals surface area contributed by atoms with Crippen LogP contribution in [-0.2, 0) is 16.4 Å². The maximum Gasteiger partial charge on any atom is 0.270 e. The number of carbonyl (C=O) groups excluding carboxylic acids is 2. The molecule has 0 saturated heterocycles. The molecule has 0 bridgehead atoms. The van der Waals surface area contributed by atoms with Crippen LogP contribution in [0.25, 0.3) is 11.1 Å². The third kappa shape index (κ3) is 6.99. The van der Waals surface area contributed by atoms with Crippen molar-refractivity contribution in [3.8, 4) is 11.1 Å². The lowest BCUT2D eigenvalue weighted by molar-refractivity contribution is -0.384. The Morgan fingerprint density at radius 3 is 2.31 bits per heavy atom. The second-order valence-electron chi connectivity index (χ2n) is 8.13. The standard InChI is InChI=1S/C26H19BrN4O6S.CH4/c27-19-10-12-25(29-15-19)30-26(33)22-14-20(31(34)35)11-9-18(22)13-23(32)17-7-5-16(6-8-17)21-3-1-2-4-24(21)38(28,36)37;/h1-12,14-15H,13H2,(H2,28,36,37)(H,29,30,33);1H4. The van der Waals surface area contributed by atoms with Crippen LogP contribution in [0.3, 0.4) is 0 Å². The summed E-state index contributed by atoms with van der Waals surface area (Å²) in [7, 11) is -3.96. The van der Waals surface area contributed by atoms with Gasteiger partial charge in [-0.05, 0) is 45.3 Å². The Hall–Kier alpha value is -4.26. The predicted octanol–water partition coefficient (Wildman–Crippen LogP) is 5.38. The summed E-state index contributed by atoms with van der Waals surface area (Å²) in [4.78, 5) is 40.8. The number of nitrogens with one attached hydrogen (secondary N) is 1. The molecule has 4 rings (SSSR count). The second kappa shape index (κ2) is 12.1. The summed E-state index contributed by atoms with van der Waals surface area (Å²) in [6.07, 6.45) is 1.28. The van der Waals surface area contributed by atoms with Crippen LogP contribution >= 0.6 is 15.9 Å². The number of hydrogen-bond donors (Lipinski definition) is 2. The number of Topliss-reactive ketones (excluding diaryl/α,β-unsaturated/α-hetero) is 1. The molecule has 3 N–H and O–H groups in total. The third-order valence-corrected chi connectivity index (χ3v) is 7.02. The highest BCUT2D eigenvalue weighted by molar-refractivity contribution is 9.10. The number of sulfonamides is 1. The number of nitrogens with zero attached hydrogens (tertiary/aromatic N) is 2. The minimum atomic E-state index is -3.96. The highest BCUT2D eigenvalue weighted by Gasteiger charge is 2.20. The largest absolute Gasteiger partial charge is 0.307 e. The summed E-state index contributed by atoms with van der Waals surface area (Å²) in [5, 5.41) is 19.2. The highest BCUT2D eigenvalue weighted by atomic mass is 79.9. The smallest absolute Gasteiger partial charge is 0.270 e. The fourth-order valence-electron chi connectivity index (χ4n) is 3.74. The van der Waals surface area contributed by atoms with Crippen molar-refractivity contribution in [1.29, 1.82) is 0 Å². The first-order valence-corrected chi connectivity index (χ1v) is 13.3. The second-order valence-corrected chi connectivity index (χ2v) is 10.6. The van der Waals surface area contributed by atoms with Crippen LogP contribution in [0.15, 0.2) is 94.4 Å². The van der Waals surface area contributed by atoms with E-state index < -0.39 is 20.9 Å². The lowest BCUT2D eigenvalue weighted by Crippen LogP contribution is -2.17. The Balaban J connectivity index is 0.00000420. The van der Waals surface area contributed by atoms with E-state index >= 15 is 0 Å². The topological polar surface area (TPSA) is 162 Å². The van der Waals surface area contributed by atoms with Crippen molar-refractivity contribution in [1.82, 2.24) is 4.98 Å². The minimum absolute atomic E-state index is 0. The number of ketones is 1. The van der Waals surface area contributed by atoms with E-state index in [1.165, 1.54) is 36.5 Å². The van der Waals surface area contributed by atoms with Gasteiger partial charge >= 0.3 is 0 Å². The fraction of sp³-hybridized carbons (Fsp3) is 0.0741. The number of primary sulfonamides is 1. The Bertz CT molecular complexity index is 1660. The molecule has 39 heavy (non-hydrogen) atoms. The number of non-ortho nitro benzene ring substituents is 1. The fourth-order valence-corrected chi connectivity index (χ4v) is 4.74. The molecular weight excluding hydrogens is 588 g/mol. The van der Waals surface area contributed by atoms with Crippen LogP contribution in [0.2, 0.25) is 0 Å². The van der Waals surface area contributed by atoms with E-state index in [1.807, 2.05) is 0 Å². The normalized spacial score (nSPS) is 10.8. The number of aromatic nitrogens is 1. The van der Waals surface area contributed by atoms with Crippen LogP contribution in [0.4, 0.5) is 11.5 Å². The van der Waals surface area contributed by atoms with Crippen molar-refractivity contribution in [2.45, 2.75) is 18.7 Å². The molecule has 0 atom stereocenters. The van der Waals surface area contributed by atoms with Crippen molar-refractivity contribution in [2.75, 3.05) is 5.32 Å². The summed E-state index contributed by atoms with van der Waals surface area (Å²) in [5.41, 5.74) is 1.21. The molecule has 0 radical (unpaired) electrons. The first-order chi connectivity index (χ1) is 18.0. The van der Waals surface area contributed by atoms with Crippen molar-refractivity contribution < 1.29 is 22.9 Å². The van der Waals surface area contributed by atoms with Gasteiger partial charge in [-0.3, -0.25) is 19.7 Å². The molecule has 0 aliphatic heterocycles. The monoisotopic (exact) mass is 610 g/mol. The Morgan fingerprint density at radius 2 is 1.69 bits per heavy atom. The quantitative estimate of drug-likeness (QED) is 0.154. The van der Waals surface area contributed by atoms with E-state index in [1.54, 1.807) is 42.5 Å². The van der Waals surface area contributed by atoms with Crippen LogP contribution in [0.1, 0.15) is 33.7 Å². The summed E-state index contributed by atoms with van der Waals surface area (Å²) < 4.78 is 24.6. The zero-order chi connectivity index (χ0) is 27.4. The highest BCUT2D eigenvalue weighted by Crippen LogP contribution is 2.27. The van der Waals surface area contributed by atoms with E-state index in [0.717, 1.165) is 6.07 Å². The number of rotatable bonds is 8. The summed E-state index contributed by atoms with van der Waals surface area (Å²) >= 11 is 3.25. The molecule has 12 heteroatoms. The molecule has 3 aromatic carbocycles. The Morgan fingerprint density at radius 1 is 1.00 bits per heavy atom. The maximum atomic E-state index is 13.1. The molecule has 200 valence electrons. The number of benzene rings is 3. The van der Waals surface area contributed by atoms with Gasteiger partial charge in [0, 0.05) is 40.4 Å². The predicted molar refractivity (Wildman–Crippen MR) is 151 cm³/mol. The average molecular weight is 611 g/mol. The lowest BCUT2D eigenvalue weighted by Gasteiger charge is -2.11. The van der Waals surface area contributed by atoms with Gasteiger partial charge in [0.1, 0.15) is 5.82 Å². The van der Waals surface area contributed by atoms with Gasteiger partial charge in [-0.1, -0.05) is 56.0 Å². The number of anilines is 1. The summed E-state index contributed by atoms with van der Waals surface area (Å²) in [6, 6.07) is 19.5. The van der Waals surface area contributed by atoms with Crippen molar-refractivity contribution in [3.05, 3.63) is 116 Å². The molecule has 0 aliphatic rings. The van der Waals surface area contributed by atoms with Crippen LogP contribution in [0, 0.1) is 10.1 Å². The van der Waals surface area contributed by atoms with Crippen LogP contribution in [-0.4, -0.2) is 30.0 Å². The molecule has 10 nitrogen and oxygen atoms in total.